The standard InChI is InChI=1S/C28H38BBr3N2/c1-18(2)22-11-9-12-23(19(3)4)27(22)33-15-16-34(26(33)17-29(30,31)32)28-24(20(5)6)13-10-14-25(28)21(7)8/h9-16,18-21H,17H2,1-8H3. The first kappa shape index (κ1) is 27.7. The average molecular weight is 653 g/mol. The predicted molar refractivity (Wildman–Crippen MR) is 160 cm³/mol. The Bertz CT molecular complexity index is 1010. The lowest BCUT2D eigenvalue weighted by Crippen LogP contribution is -2.40. The Labute approximate surface area is 231 Å². The van der Waals surface area contributed by atoms with Gasteiger partial charge in [0.25, 0.3) is 0 Å². The fourth-order valence-corrected chi connectivity index (χ4v) is 5.68. The van der Waals surface area contributed by atoms with E-state index in [1.807, 2.05) is 0 Å². The van der Waals surface area contributed by atoms with Gasteiger partial charge in [0, 0.05) is 22.3 Å². The molecule has 0 bridgehead atoms. The van der Waals surface area contributed by atoms with E-state index in [1.54, 1.807) is 0 Å². The highest BCUT2D eigenvalue weighted by Gasteiger charge is 2.31. The summed E-state index contributed by atoms with van der Waals surface area (Å²) >= 11 is 11.6. The molecule has 2 aromatic carbocycles. The SMILES string of the molecule is CC(C)c1cccc(C(C)C)c1-n1cc[n+](-c2c(C(C)C)cccc2C(C)C)c1C[B-](Br)(Br)Br. The maximum Gasteiger partial charge on any atom is 0.233 e. The van der Waals surface area contributed by atoms with Crippen molar-refractivity contribution in [3.05, 3.63) is 76.9 Å². The summed E-state index contributed by atoms with van der Waals surface area (Å²) in [5.74, 6) is 2.96. The van der Waals surface area contributed by atoms with E-state index in [4.69, 9.17) is 0 Å². The highest BCUT2D eigenvalue weighted by atomic mass is 79.9. The molecule has 2 nitrogen and oxygen atoms in total. The fourth-order valence-electron chi connectivity index (χ4n) is 4.81. The number of hydrogen-bond acceptors (Lipinski definition) is 0. The molecule has 0 saturated carbocycles. The van der Waals surface area contributed by atoms with Crippen LogP contribution in [-0.2, 0) is 6.32 Å². The highest BCUT2D eigenvalue weighted by molar-refractivity contribution is 9.71. The maximum absolute atomic E-state index is 3.87. The molecule has 34 heavy (non-hydrogen) atoms. The van der Waals surface area contributed by atoms with E-state index < -0.39 is 2.62 Å². The number of hydrogen-bond donors (Lipinski definition) is 0. The Morgan fingerprint density at radius 3 is 1.50 bits per heavy atom. The molecule has 0 unspecified atom stereocenters. The maximum atomic E-state index is 3.87. The van der Waals surface area contributed by atoms with Crippen LogP contribution in [0, 0.1) is 0 Å². The van der Waals surface area contributed by atoms with Crippen LogP contribution in [-0.4, -0.2) is 7.19 Å². The van der Waals surface area contributed by atoms with Gasteiger partial charge in [0.05, 0.1) is 0 Å². The lowest BCUT2D eigenvalue weighted by Gasteiger charge is -2.23. The molecule has 1 heterocycles. The van der Waals surface area contributed by atoms with Crippen molar-refractivity contribution in [2.75, 3.05) is 0 Å². The number of rotatable bonds is 8. The van der Waals surface area contributed by atoms with Crippen LogP contribution in [0.5, 0.6) is 0 Å². The molecule has 1 aromatic heterocycles. The smallest absolute Gasteiger partial charge is 0.233 e. The molecule has 0 spiro atoms. The lowest BCUT2D eigenvalue weighted by atomic mass is 9.91. The molecule has 0 amide bonds. The summed E-state index contributed by atoms with van der Waals surface area (Å²) < 4.78 is 3.76. The number of imidazole rings is 1. The molecule has 0 radical (unpaired) electrons. The molecule has 0 atom stereocenters. The first-order chi connectivity index (χ1) is 15.8. The van der Waals surface area contributed by atoms with Gasteiger partial charge in [-0.25, -0.2) is 9.13 Å². The van der Waals surface area contributed by atoms with Gasteiger partial charge in [0.15, 0.2) is 2.62 Å². The van der Waals surface area contributed by atoms with Crippen molar-refractivity contribution in [1.29, 1.82) is 0 Å². The zero-order chi connectivity index (χ0) is 25.4. The Morgan fingerprint density at radius 1 is 0.706 bits per heavy atom. The summed E-state index contributed by atoms with van der Waals surface area (Å²) in [6.07, 6.45) is 5.33. The van der Waals surface area contributed by atoms with Gasteiger partial charge in [-0.05, 0) is 30.0 Å². The van der Waals surface area contributed by atoms with Crippen LogP contribution in [0.15, 0.2) is 48.8 Å². The predicted octanol–water partition coefficient (Wildman–Crippen LogP) is 9.45. The van der Waals surface area contributed by atoms with Gasteiger partial charge >= 0.3 is 0 Å². The van der Waals surface area contributed by atoms with E-state index >= 15 is 0 Å². The van der Waals surface area contributed by atoms with E-state index in [1.165, 1.54) is 39.5 Å². The van der Waals surface area contributed by atoms with Crippen molar-refractivity contribution in [1.82, 2.24) is 4.57 Å². The fraction of sp³-hybridized carbons (Fsp3) is 0.464. The topological polar surface area (TPSA) is 8.81 Å². The highest BCUT2D eigenvalue weighted by Crippen LogP contribution is 2.36. The van der Waals surface area contributed by atoms with Gasteiger partial charge in [-0.2, -0.15) is 0 Å². The molecule has 0 N–H and O–H groups in total. The van der Waals surface area contributed by atoms with Crippen LogP contribution in [0.4, 0.5) is 0 Å². The number of para-hydroxylation sites is 2. The minimum atomic E-state index is -1.11. The van der Waals surface area contributed by atoms with Gasteiger partial charge in [-0.3, -0.25) is 0 Å². The second kappa shape index (κ2) is 11.0. The normalized spacial score (nSPS) is 12.6. The van der Waals surface area contributed by atoms with E-state index in [0.29, 0.717) is 23.7 Å². The zero-order valence-corrected chi connectivity index (χ0v) is 26.5. The van der Waals surface area contributed by atoms with Crippen molar-refractivity contribution in [2.45, 2.75) is 85.4 Å². The summed E-state index contributed by atoms with van der Waals surface area (Å²) in [6, 6.07) is 13.6. The van der Waals surface area contributed by atoms with Crippen molar-refractivity contribution in [3.8, 4) is 11.4 Å². The third kappa shape index (κ3) is 5.92. The monoisotopic (exact) mass is 650 g/mol. The lowest BCUT2D eigenvalue weighted by molar-refractivity contribution is -0.603. The Morgan fingerprint density at radius 2 is 1.12 bits per heavy atom. The summed E-state index contributed by atoms with van der Waals surface area (Å²) in [5.41, 5.74) is 8.17. The Hall–Kier alpha value is -0.845. The van der Waals surface area contributed by atoms with Crippen LogP contribution in [0.25, 0.3) is 11.4 Å². The van der Waals surface area contributed by atoms with Crippen LogP contribution < -0.4 is 4.57 Å². The van der Waals surface area contributed by atoms with E-state index in [-0.39, 0.29) is 0 Å². The number of nitrogens with zero attached hydrogens (tertiary/aromatic N) is 2. The van der Waals surface area contributed by atoms with Gasteiger partial charge in [0.1, 0.15) is 23.8 Å². The molecular weight excluding hydrogens is 615 g/mol. The van der Waals surface area contributed by atoms with E-state index in [0.717, 1.165) is 6.32 Å². The summed E-state index contributed by atoms with van der Waals surface area (Å²) in [5, 5.41) is 0. The molecule has 3 rings (SSSR count). The third-order valence-electron chi connectivity index (χ3n) is 6.50. The molecule has 0 aliphatic carbocycles. The quantitative estimate of drug-likeness (QED) is 0.169. The first-order valence-electron chi connectivity index (χ1n) is 12.4. The van der Waals surface area contributed by atoms with Crippen molar-refractivity contribution < 1.29 is 4.57 Å². The van der Waals surface area contributed by atoms with Crippen molar-refractivity contribution in [3.63, 3.8) is 0 Å². The second-order valence-electron chi connectivity index (χ2n) is 10.6. The Balaban J connectivity index is 2.44. The van der Waals surface area contributed by atoms with E-state index in [9.17, 15) is 0 Å². The number of aromatic nitrogens is 2. The van der Waals surface area contributed by atoms with Gasteiger partial charge in [-0.1, -0.05) is 91.8 Å². The summed E-state index contributed by atoms with van der Waals surface area (Å²) in [4.78, 5) is 0. The molecule has 6 heteroatoms. The van der Waals surface area contributed by atoms with Crippen molar-refractivity contribution >= 4 is 49.9 Å². The van der Waals surface area contributed by atoms with Crippen molar-refractivity contribution in [2.24, 2.45) is 0 Å². The van der Waals surface area contributed by atoms with Crippen LogP contribution in [0.2, 0.25) is 0 Å². The minimum absolute atomic E-state index is 0.429. The summed E-state index contributed by atoms with van der Waals surface area (Å²) in [6.45, 7) is 18.3. The van der Waals surface area contributed by atoms with Gasteiger partial charge in [-0.15, -0.1) is 0 Å². The molecular formula is C28H38BBr3N2. The molecule has 0 aliphatic heterocycles. The zero-order valence-electron chi connectivity index (χ0n) is 21.7. The van der Waals surface area contributed by atoms with Crippen LogP contribution in [0.1, 0.15) is 107 Å². The largest absolute Gasteiger partial charge is 0.324 e. The minimum Gasteiger partial charge on any atom is -0.324 e. The second-order valence-corrected chi connectivity index (χ2v) is 18.9. The van der Waals surface area contributed by atoms with Gasteiger partial charge in [0.2, 0.25) is 5.82 Å². The number of halogens is 3. The molecule has 0 aliphatic rings. The van der Waals surface area contributed by atoms with Crippen LogP contribution in [0.3, 0.4) is 0 Å². The molecule has 184 valence electrons. The van der Waals surface area contributed by atoms with Crippen LogP contribution >= 0.6 is 47.3 Å². The molecule has 3 aromatic rings. The van der Waals surface area contributed by atoms with E-state index in [2.05, 4.69) is 161 Å². The van der Waals surface area contributed by atoms with Gasteiger partial charge < -0.3 is 47.3 Å². The molecule has 0 fully saturated rings. The Kier molecular flexibility index (Phi) is 9.01. The third-order valence-corrected chi connectivity index (χ3v) is 7.47. The first-order valence-corrected chi connectivity index (χ1v) is 15.2. The summed E-state index contributed by atoms with van der Waals surface area (Å²) in [7, 11) is 0. The average Bonchev–Trinajstić information content (AvgIpc) is 3.13. The molecule has 0 saturated heterocycles. The number of benzene rings is 2.